The van der Waals surface area contributed by atoms with E-state index in [1.54, 1.807) is 0 Å². The van der Waals surface area contributed by atoms with E-state index in [-0.39, 0.29) is 21.6 Å². The van der Waals surface area contributed by atoms with Gasteiger partial charge in [-0.1, -0.05) is 0 Å². The van der Waals surface area contributed by atoms with Gasteiger partial charge in [0.1, 0.15) is 10.1 Å². The van der Waals surface area contributed by atoms with E-state index in [9.17, 15) is 9.90 Å². The van der Waals surface area contributed by atoms with Gasteiger partial charge in [-0.2, -0.15) is 0 Å². The molecular formula is C9H5BrO4. The van der Waals surface area contributed by atoms with E-state index in [1.807, 2.05) is 0 Å². The van der Waals surface area contributed by atoms with Gasteiger partial charge in [0.05, 0.1) is 0 Å². The molecule has 4 nitrogen and oxygen atoms in total. The Hall–Kier alpha value is -1.49. The number of halogens is 1. The largest absolute Gasteiger partial charge is 0.504 e. The number of hydrogen-bond donors (Lipinski definition) is 2. The van der Waals surface area contributed by atoms with Crippen molar-refractivity contribution in [2.45, 2.75) is 0 Å². The second kappa shape index (κ2) is 3.02. The SMILES string of the molecule is O=c1oc2cc(O)c(O)cc2cc1Br. The third-order valence-corrected chi connectivity index (χ3v) is 2.34. The number of benzene rings is 1. The first-order chi connectivity index (χ1) is 6.58. The molecule has 0 aliphatic carbocycles. The Bertz CT molecular complexity index is 558. The quantitative estimate of drug-likeness (QED) is 0.559. The van der Waals surface area contributed by atoms with Crippen LogP contribution in [-0.4, -0.2) is 10.2 Å². The van der Waals surface area contributed by atoms with Crippen LogP contribution in [0.2, 0.25) is 0 Å². The van der Waals surface area contributed by atoms with Crippen LogP contribution in [0.4, 0.5) is 0 Å². The molecule has 1 aromatic carbocycles. The average molecular weight is 257 g/mol. The third kappa shape index (κ3) is 1.35. The highest BCUT2D eigenvalue weighted by Gasteiger charge is 2.06. The molecule has 2 rings (SSSR count). The fourth-order valence-corrected chi connectivity index (χ4v) is 1.45. The Morgan fingerprint density at radius 2 is 1.79 bits per heavy atom. The molecule has 0 aliphatic rings. The molecule has 0 spiro atoms. The van der Waals surface area contributed by atoms with Crippen molar-refractivity contribution in [1.29, 1.82) is 0 Å². The summed E-state index contributed by atoms with van der Waals surface area (Å²) < 4.78 is 5.13. The van der Waals surface area contributed by atoms with E-state index in [0.717, 1.165) is 0 Å². The van der Waals surface area contributed by atoms with E-state index in [4.69, 9.17) is 9.52 Å². The van der Waals surface area contributed by atoms with Gasteiger partial charge >= 0.3 is 5.63 Å². The normalized spacial score (nSPS) is 10.6. The van der Waals surface area contributed by atoms with Gasteiger partial charge < -0.3 is 14.6 Å². The van der Waals surface area contributed by atoms with Crippen molar-refractivity contribution in [2.24, 2.45) is 0 Å². The van der Waals surface area contributed by atoms with Crippen LogP contribution < -0.4 is 5.63 Å². The van der Waals surface area contributed by atoms with Gasteiger partial charge in [0.15, 0.2) is 11.5 Å². The minimum atomic E-state index is -0.525. The first-order valence-electron chi connectivity index (χ1n) is 3.73. The standard InChI is InChI=1S/C9H5BrO4/c10-5-1-4-2-6(11)7(12)3-8(4)14-9(5)13/h1-3,11-12H. The summed E-state index contributed by atoms with van der Waals surface area (Å²) in [5.74, 6) is -0.568. The molecule has 72 valence electrons. The van der Waals surface area contributed by atoms with Gasteiger partial charge in [-0.3, -0.25) is 0 Å². The molecule has 0 saturated heterocycles. The van der Waals surface area contributed by atoms with Crippen molar-refractivity contribution in [3.63, 3.8) is 0 Å². The fraction of sp³-hybridized carbons (Fsp3) is 0. The number of rotatable bonds is 0. The first-order valence-corrected chi connectivity index (χ1v) is 4.52. The van der Waals surface area contributed by atoms with E-state index in [0.29, 0.717) is 5.39 Å². The molecule has 1 aromatic heterocycles. The maximum Gasteiger partial charge on any atom is 0.350 e. The van der Waals surface area contributed by atoms with Crippen molar-refractivity contribution in [3.8, 4) is 11.5 Å². The molecular weight excluding hydrogens is 252 g/mol. The van der Waals surface area contributed by atoms with Crippen LogP contribution in [0, 0.1) is 0 Å². The maximum atomic E-state index is 11.1. The van der Waals surface area contributed by atoms with Crippen molar-refractivity contribution in [1.82, 2.24) is 0 Å². The number of hydrogen-bond acceptors (Lipinski definition) is 4. The summed E-state index contributed by atoms with van der Waals surface area (Å²) in [6.07, 6.45) is 0. The number of fused-ring (bicyclic) bond motifs is 1. The highest BCUT2D eigenvalue weighted by Crippen LogP contribution is 2.30. The molecule has 2 aromatic rings. The smallest absolute Gasteiger partial charge is 0.350 e. The summed E-state index contributed by atoms with van der Waals surface area (Å²) in [5, 5.41) is 18.9. The van der Waals surface area contributed by atoms with E-state index >= 15 is 0 Å². The molecule has 5 heteroatoms. The molecule has 1 heterocycles. The van der Waals surface area contributed by atoms with Gasteiger partial charge in [0, 0.05) is 11.5 Å². The summed E-state index contributed by atoms with van der Waals surface area (Å²) in [7, 11) is 0. The summed E-state index contributed by atoms with van der Waals surface area (Å²) in [4.78, 5) is 11.1. The van der Waals surface area contributed by atoms with Crippen LogP contribution >= 0.6 is 15.9 Å². The lowest BCUT2D eigenvalue weighted by Crippen LogP contribution is -1.98. The molecule has 0 bridgehead atoms. The van der Waals surface area contributed by atoms with Crippen LogP contribution in [0.3, 0.4) is 0 Å². The van der Waals surface area contributed by atoms with Crippen LogP contribution in [0.5, 0.6) is 11.5 Å². The Balaban J connectivity index is 2.90. The van der Waals surface area contributed by atoms with Crippen molar-refractivity contribution < 1.29 is 14.6 Å². The number of phenolic OH excluding ortho intramolecular Hbond substituents is 2. The van der Waals surface area contributed by atoms with Crippen LogP contribution in [0.25, 0.3) is 11.0 Å². The molecule has 0 aliphatic heterocycles. The lowest BCUT2D eigenvalue weighted by molar-refractivity contribution is 0.403. The Labute approximate surface area is 86.5 Å². The summed E-state index contributed by atoms with van der Waals surface area (Å²) in [6, 6.07) is 4.02. The molecule has 2 N–H and O–H groups in total. The van der Waals surface area contributed by atoms with Crippen LogP contribution in [-0.2, 0) is 0 Å². The zero-order valence-electron chi connectivity index (χ0n) is 6.82. The molecule has 0 saturated carbocycles. The highest BCUT2D eigenvalue weighted by molar-refractivity contribution is 9.10. The predicted octanol–water partition coefficient (Wildman–Crippen LogP) is 1.97. The third-order valence-electron chi connectivity index (χ3n) is 1.79. The average Bonchev–Trinajstić information content (AvgIpc) is 2.11. The van der Waals surface area contributed by atoms with E-state index in [1.165, 1.54) is 18.2 Å². The van der Waals surface area contributed by atoms with Crippen LogP contribution in [0.15, 0.2) is 31.9 Å². The minimum Gasteiger partial charge on any atom is -0.504 e. The molecule has 0 amide bonds. The van der Waals surface area contributed by atoms with Crippen molar-refractivity contribution >= 4 is 26.9 Å². The predicted molar refractivity (Wildman–Crippen MR) is 53.5 cm³/mol. The molecule has 0 fully saturated rings. The van der Waals surface area contributed by atoms with E-state index in [2.05, 4.69) is 15.9 Å². The van der Waals surface area contributed by atoms with Gasteiger partial charge in [-0.25, -0.2) is 4.79 Å². The Kier molecular flexibility index (Phi) is 1.96. The van der Waals surface area contributed by atoms with Crippen molar-refractivity contribution in [3.05, 3.63) is 33.1 Å². The van der Waals surface area contributed by atoms with Gasteiger partial charge in [0.2, 0.25) is 0 Å². The second-order valence-corrected chi connectivity index (χ2v) is 3.61. The topological polar surface area (TPSA) is 70.7 Å². The van der Waals surface area contributed by atoms with Crippen LogP contribution in [0.1, 0.15) is 0 Å². The maximum absolute atomic E-state index is 11.1. The fourth-order valence-electron chi connectivity index (χ4n) is 1.12. The van der Waals surface area contributed by atoms with Crippen molar-refractivity contribution in [2.75, 3.05) is 0 Å². The minimum absolute atomic E-state index is 0.230. The summed E-state index contributed by atoms with van der Waals surface area (Å²) in [6.45, 7) is 0. The van der Waals surface area contributed by atoms with Gasteiger partial charge in [-0.05, 0) is 28.1 Å². The lowest BCUT2D eigenvalue weighted by Gasteiger charge is -2.00. The monoisotopic (exact) mass is 256 g/mol. The zero-order valence-corrected chi connectivity index (χ0v) is 8.41. The Morgan fingerprint density at radius 1 is 1.14 bits per heavy atom. The zero-order chi connectivity index (χ0) is 10.3. The summed E-state index contributed by atoms with van der Waals surface area (Å²) >= 11 is 3.01. The number of phenols is 2. The molecule has 0 atom stereocenters. The second-order valence-electron chi connectivity index (χ2n) is 2.76. The lowest BCUT2D eigenvalue weighted by atomic mass is 10.2. The van der Waals surface area contributed by atoms with Gasteiger partial charge in [-0.15, -0.1) is 0 Å². The molecule has 14 heavy (non-hydrogen) atoms. The molecule has 0 unspecified atom stereocenters. The first kappa shape index (κ1) is 9.08. The van der Waals surface area contributed by atoms with Gasteiger partial charge in [0.25, 0.3) is 0 Å². The number of aromatic hydroxyl groups is 2. The van der Waals surface area contributed by atoms with E-state index < -0.39 is 5.63 Å². The highest BCUT2D eigenvalue weighted by atomic mass is 79.9. The Morgan fingerprint density at radius 3 is 2.50 bits per heavy atom. The molecule has 0 radical (unpaired) electrons. The summed E-state index contributed by atoms with van der Waals surface area (Å²) in [5.41, 5.74) is -0.295.